The van der Waals surface area contributed by atoms with Crippen LogP contribution in [0.4, 0.5) is 0 Å². The van der Waals surface area contributed by atoms with Gasteiger partial charge in [-0.1, -0.05) is 47.0 Å². The highest BCUT2D eigenvalue weighted by molar-refractivity contribution is 5.91. The molecule has 1 nitrogen and oxygen atoms in total. The Morgan fingerprint density at radius 1 is 1.14 bits per heavy atom. The first-order valence-corrected chi connectivity index (χ1v) is 5.97. The number of hydrogen-bond acceptors (Lipinski definition) is 1. The minimum atomic E-state index is -0.0546. The van der Waals surface area contributed by atoms with Crippen LogP contribution >= 0.6 is 0 Å². The number of carbonyl (C=O) groups is 1. The summed E-state index contributed by atoms with van der Waals surface area (Å²) >= 11 is 0. The van der Waals surface area contributed by atoms with Crippen molar-refractivity contribution in [3.63, 3.8) is 0 Å². The predicted octanol–water partition coefficient (Wildman–Crippen LogP) is 3.96. The molecule has 0 spiro atoms. The van der Waals surface area contributed by atoms with E-state index in [0.29, 0.717) is 5.78 Å². The zero-order chi connectivity index (χ0) is 10.8. The lowest BCUT2D eigenvalue weighted by atomic mass is 9.78. The summed E-state index contributed by atoms with van der Waals surface area (Å²) in [5.74, 6) is 0.501. The van der Waals surface area contributed by atoms with E-state index in [2.05, 4.69) is 27.7 Å². The van der Waals surface area contributed by atoms with E-state index in [9.17, 15) is 4.79 Å². The number of unbranched alkanes of at least 4 members (excludes halogenated alkanes) is 2. The lowest BCUT2D eigenvalue weighted by Crippen LogP contribution is -2.29. The molecule has 1 fully saturated rings. The molecule has 1 atom stereocenters. The third-order valence-corrected chi connectivity index (χ3v) is 3.80. The summed E-state index contributed by atoms with van der Waals surface area (Å²) in [5.41, 5.74) is -0.0559. The van der Waals surface area contributed by atoms with Gasteiger partial charge in [-0.05, 0) is 19.3 Å². The normalized spacial score (nSPS) is 31.0. The van der Waals surface area contributed by atoms with Crippen molar-refractivity contribution in [2.75, 3.05) is 0 Å². The minimum Gasteiger partial charge on any atom is -0.298 e. The Morgan fingerprint density at radius 2 is 1.79 bits per heavy atom. The molecule has 0 radical (unpaired) electrons. The van der Waals surface area contributed by atoms with Crippen molar-refractivity contribution in [2.24, 2.45) is 10.8 Å². The molecular formula is C13H24O. The van der Waals surface area contributed by atoms with E-state index in [1.807, 2.05) is 0 Å². The van der Waals surface area contributed by atoms with Crippen LogP contribution in [0.25, 0.3) is 0 Å². The van der Waals surface area contributed by atoms with Gasteiger partial charge in [0.25, 0.3) is 0 Å². The highest BCUT2D eigenvalue weighted by atomic mass is 16.1. The van der Waals surface area contributed by atoms with Gasteiger partial charge in [-0.15, -0.1) is 0 Å². The van der Waals surface area contributed by atoms with E-state index in [1.54, 1.807) is 0 Å². The Hall–Kier alpha value is -0.330. The predicted molar refractivity (Wildman–Crippen MR) is 60.3 cm³/mol. The van der Waals surface area contributed by atoms with Crippen LogP contribution in [0, 0.1) is 10.8 Å². The van der Waals surface area contributed by atoms with Crippen molar-refractivity contribution in [3.05, 3.63) is 0 Å². The van der Waals surface area contributed by atoms with Crippen molar-refractivity contribution in [2.45, 2.75) is 66.2 Å². The molecule has 14 heavy (non-hydrogen) atoms. The summed E-state index contributed by atoms with van der Waals surface area (Å²) in [6.45, 7) is 8.57. The van der Waals surface area contributed by atoms with E-state index in [1.165, 1.54) is 19.3 Å². The van der Waals surface area contributed by atoms with Crippen LogP contribution in [-0.4, -0.2) is 5.78 Å². The average molecular weight is 196 g/mol. The highest BCUT2D eigenvalue weighted by Gasteiger charge is 2.47. The molecule has 0 amide bonds. The molecule has 0 saturated heterocycles. The molecule has 1 heteroatoms. The molecule has 0 aliphatic heterocycles. The average Bonchev–Trinajstić information content (AvgIpc) is 2.32. The first-order chi connectivity index (χ1) is 6.42. The second kappa shape index (κ2) is 4.04. The van der Waals surface area contributed by atoms with Crippen LogP contribution in [0.5, 0.6) is 0 Å². The molecule has 0 aromatic carbocycles. The molecule has 0 aromatic rings. The van der Waals surface area contributed by atoms with Crippen molar-refractivity contribution < 1.29 is 4.79 Å². The van der Waals surface area contributed by atoms with Crippen molar-refractivity contribution >= 4 is 5.78 Å². The summed E-state index contributed by atoms with van der Waals surface area (Å²) in [6.07, 6.45) is 7.01. The smallest absolute Gasteiger partial charge is 0.144 e. The van der Waals surface area contributed by atoms with Gasteiger partial charge in [0.05, 0.1) is 0 Å². The summed E-state index contributed by atoms with van der Waals surface area (Å²) in [5, 5.41) is 0. The first kappa shape index (κ1) is 11.7. The van der Waals surface area contributed by atoms with Crippen LogP contribution in [-0.2, 0) is 4.79 Å². The fourth-order valence-electron chi connectivity index (χ4n) is 2.64. The lowest BCUT2D eigenvalue weighted by molar-refractivity contribution is -0.132. The van der Waals surface area contributed by atoms with Gasteiger partial charge in [0.2, 0.25) is 0 Å². The van der Waals surface area contributed by atoms with E-state index in [0.717, 1.165) is 19.3 Å². The van der Waals surface area contributed by atoms with E-state index in [4.69, 9.17) is 0 Å². The van der Waals surface area contributed by atoms with E-state index in [-0.39, 0.29) is 10.8 Å². The number of ketones is 1. The topological polar surface area (TPSA) is 17.1 Å². The summed E-state index contributed by atoms with van der Waals surface area (Å²) in [4.78, 5) is 12.1. The van der Waals surface area contributed by atoms with Crippen LogP contribution in [0.15, 0.2) is 0 Å². The molecule has 1 unspecified atom stereocenters. The second-order valence-corrected chi connectivity index (χ2v) is 5.73. The Kier molecular flexibility index (Phi) is 3.39. The van der Waals surface area contributed by atoms with Crippen LogP contribution in [0.3, 0.4) is 0 Å². The molecule has 0 N–H and O–H groups in total. The zero-order valence-corrected chi connectivity index (χ0v) is 10.2. The molecule has 1 rings (SSSR count). The first-order valence-electron chi connectivity index (χ1n) is 5.97. The van der Waals surface area contributed by atoms with Crippen molar-refractivity contribution in [1.29, 1.82) is 0 Å². The number of carbonyl (C=O) groups excluding carboxylic acids is 1. The third kappa shape index (κ3) is 2.18. The third-order valence-electron chi connectivity index (χ3n) is 3.80. The van der Waals surface area contributed by atoms with Crippen LogP contribution in [0.2, 0.25) is 0 Å². The Bertz CT molecular complexity index is 217. The quantitative estimate of drug-likeness (QED) is 0.622. The molecule has 0 aromatic heterocycles. The Labute approximate surface area is 88.3 Å². The monoisotopic (exact) mass is 196 g/mol. The maximum absolute atomic E-state index is 12.1. The van der Waals surface area contributed by atoms with Crippen molar-refractivity contribution in [3.8, 4) is 0 Å². The summed E-state index contributed by atoms with van der Waals surface area (Å²) in [7, 11) is 0. The largest absolute Gasteiger partial charge is 0.298 e. The van der Waals surface area contributed by atoms with Gasteiger partial charge in [0, 0.05) is 10.8 Å². The highest BCUT2D eigenvalue weighted by Crippen LogP contribution is 2.48. The maximum Gasteiger partial charge on any atom is 0.144 e. The van der Waals surface area contributed by atoms with Gasteiger partial charge in [-0.25, -0.2) is 0 Å². The number of Topliss-reactive ketones (excluding diaryl/α,β-unsaturated/α-hetero) is 1. The molecule has 1 aliphatic rings. The fourth-order valence-corrected chi connectivity index (χ4v) is 2.64. The number of rotatable bonds is 4. The summed E-state index contributed by atoms with van der Waals surface area (Å²) in [6, 6.07) is 0. The van der Waals surface area contributed by atoms with Gasteiger partial charge in [-0.3, -0.25) is 4.79 Å². The molecule has 1 aliphatic carbocycles. The summed E-state index contributed by atoms with van der Waals surface area (Å²) < 4.78 is 0. The Morgan fingerprint density at radius 3 is 2.21 bits per heavy atom. The van der Waals surface area contributed by atoms with Crippen LogP contribution in [0.1, 0.15) is 66.2 Å². The van der Waals surface area contributed by atoms with Gasteiger partial charge in [0.1, 0.15) is 5.78 Å². The van der Waals surface area contributed by atoms with E-state index >= 15 is 0 Å². The lowest BCUT2D eigenvalue weighted by Gasteiger charge is -2.24. The Balaban J connectivity index is 2.55. The standard InChI is InChI=1S/C13H24O/c1-5-6-7-8-13(4)10-9-12(2,3)11(13)14/h5-10H2,1-4H3. The SMILES string of the molecule is CCCCCC1(C)CCC(C)(C)C1=O. The molecule has 1 saturated carbocycles. The van der Waals surface area contributed by atoms with Gasteiger partial charge in [-0.2, -0.15) is 0 Å². The molecule has 82 valence electrons. The minimum absolute atomic E-state index is 0.00132. The van der Waals surface area contributed by atoms with Crippen molar-refractivity contribution in [1.82, 2.24) is 0 Å². The molecule has 0 heterocycles. The second-order valence-electron chi connectivity index (χ2n) is 5.73. The number of hydrogen-bond donors (Lipinski definition) is 0. The molecule has 0 bridgehead atoms. The van der Waals surface area contributed by atoms with Gasteiger partial charge >= 0.3 is 0 Å². The van der Waals surface area contributed by atoms with Crippen LogP contribution < -0.4 is 0 Å². The zero-order valence-electron chi connectivity index (χ0n) is 10.2. The molecular weight excluding hydrogens is 172 g/mol. The maximum atomic E-state index is 12.1. The fraction of sp³-hybridized carbons (Fsp3) is 0.923. The van der Waals surface area contributed by atoms with Gasteiger partial charge < -0.3 is 0 Å². The van der Waals surface area contributed by atoms with E-state index < -0.39 is 0 Å². The van der Waals surface area contributed by atoms with Gasteiger partial charge in [0.15, 0.2) is 0 Å².